The summed E-state index contributed by atoms with van der Waals surface area (Å²) in [6.45, 7) is 6.16. The molecule has 0 amide bonds. The Morgan fingerprint density at radius 3 is 2.50 bits per heavy atom. The largest absolute Gasteiger partial charge is 0.373 e. The lowest BCUT2D eigenvalue weighted by Crippen LogP contribution is -2.02. The molecule has 0 aliphatic heterocycles. The van der Waals surface area contributed by atoms with Crippen molar-refractivity contribution in [2.24, 2.45) is 0 Å². The fraction of sp³-hybridized carbons (Fsp3) is 0.556. The topological polar surface area (TPSA) is 37.8 Å². The van der Waals surface area contributed by atoms with Gasteiger partial charge >= 0.3 is 0 Å². The lowest BCUT2D eigenvalue weighted by molar-refractivity contribution is 0.768. The first-order valence-corrected chi connectivity index (χ1v) is 4.17. The number of nitrogens with one attached hydrogen (secondary N) is 1. The van der Waals surface area contributed by atoms with Gasteiger partial charge in [-0.3, -0.25) is 0 Å². The van der Waals surface area contributed by atoms with E-state index in [4.69, 9.17) is 0 Å². The van der Waals surface area contributed by atoms with Crippen LogP contribution in [0.2, 0.25) is 0 Å². The summed E-state index contributed by atoms with van der Waals surface area (Å²) in [4.78, 5) is 8.66. The Kier molecular flexibility index (Phi) is 2.63. The fourth-order valence-corrected chi connectivity index (χ4v) is 0.978. The summed E-state index contributed by atoms with van der Waals surface area (Å²) in [7, 11) is 1.87. The normalized spacial score (nSPS) is 10.4. The Balaban J connectivity index is 3.06. The molecule has 0 saturated carbocycles. The van der Waals surface area contributed by atoms with E-state index in [0.29, 0.717) is 5.92 Å². The Morgan fingerprint density at radius 2 is 2.00 bits per heavy atom. The molecular weight excluding hydrogens is 150 g/mol. The highest BCUT2D eigenvalue weighted by Gasteiger charge is 2.04. The first-order chi connectivity index (χ1) is 5.63. The molecule has 66 valence electrons. The van der Waals surface area contributed by atoms with Gasteiger partial charge in [0.25, 0.3) is 0 Å². The molecule has 0 aromatic carbocycles. The van der Waals surface area contributed by atoms with Crippen LogP contribution >= 0.6 is 0 Å². The Bertz CT molecular complexity index is 268. The molecule has 0 bridgehead atoms. The van der Waals surface area contributed by atoms with Gasteiger partial charge in [0.2, 0.25) is 0 Å². The molecule has 0 radical (unpaired) electrons. The molecule has 3 heteroatoms. The van der Waals surface area contributed by atoms with Gasteiger partial charge in [-0.05, 0) is 6.92 Å². The first-order valence-electron chi connectivity index (χ1n) is 4.17. The summed E-state index contributed by atoms with van der Waals surface area (Å²) in [5.74, 6) is 2.18. The van der Waals surface area contributed by atoms with Crippen LogP contribution in [0.15, 0.2) is 6.07 Å². The summed E-state index contributed by atoms with van der Waals surface area (Å²) in [6.07, 6.45) is 0. The monoisotopic (exact) mass is 165 g/mol. The molecule has 1 N–H and O–H groups in total. The molecule has 0 fully saturated rings. The number of anilines is 1. The van der Waals surface area contributed by atoms with Crippen molar-refractivity contribution < 1.29 is 0 Å². The third-order valence-corrected chi connectivity index (χ3v) is 1.64. The third-order valence-electron chi connectivity index (χ3n) is 1.64. The highest BCUT2D eigenvalue weighted by Crippen LogP contribution is 2.12. The van der Waals surface area contributed by atoms with E-state index in [1.165, 1.54) is 0 Å². The molecule has 0 atom stereocenters. The second-order valence-electron chi connectivity index (χ2n) is 3.16. The molecule has 0 aliphatic carbocycles. The van der Waals surface area contributed by atoms with E-state index < -0.39 is 0 Å². The van der Waals surface area contributed by atoms with Crippen LogP contribution < -0.4 is 5.32 Å². The van der Waals surface area contributed by atoms with Crippen molar-refractivity contribution in [3.05, 3.63) is 17.6 Å². The van der Waals surface area contributed by atoms with Gasteiger partial charge in [-0.15, -0.1) is 0 Å². The van der Waals surface area contributed by atoms with Crippen LogP contribution in [-0.4, -0.2) is 17.0 Å². The van der Waals surface area contributed by atoms with E-state index in [0.717, 1.165) is 17.3 Å². The van der Waals surface area contributed by atoms with Crippen molar-refractivity contribution in [2.75, 3.05) is 12.4 Å². The predicted molar refractivity (Wildman–Crippen MR) is 50.4 cm³/mol. The molecule has 12 heavy (non-hydrogen) atoms. The van der Waals surface area contributed by atoms with Crippen LogP contribution in [0, 0.1) is 6.92 Å². The molecule has 3 nitrogen and oxygen atoms in total. The maximum absolute atomic E-state index is 4.33. The van der Waals surface area contributed by atoms with Crippen molar-refractivity contribution >= 4 is 5.82 Å². The van der Waals surface area contributed by atoms with Crippen molar-refractivity contribution in [3.8, 4) is 0 Å². The van der Waals surface area contributed by atoms with Gasteiger partial charge in [-0.2, -0.15) is 0 Å². The Morgan fingerprint density at radius 1 is 1.33 bits per heavy atom. The van der Waals surface area contributed by atoms with Gasteiger partial charge in [0, 0.05) is 24.7 Å². The van der Waals surface area contributed by atoms with E-state index in [9.17, 15) is 0 Å². The smallest absolute Gasteiger partial charge is 0.133 e. The number of aryl methyl sites for hydroxylation is 1. The molecule has 0 unspecified atom stereocenters. The van der Waals surface area contributed by atoms with Gasteiger partial charge in [0.05, 0.1) is 0 Å². The van der Waals surface area contributed by atoms with E-state index >= 15 is 0 Å². The third kappa shape index (κ3) is 1.94. The quantitative estimate of drug-likeness (QED) is 0.727. The van der Waals surface area contributed by atoms with E-state index in [2.05, 4.69) is 29.1 Å². The summed E-state index contributed by atoms with van der Waals surface area (Å²) in [5, 5.41) is 3.01. The predicted octanol–water partition coefficient (Wildman–Crippen LogP) is 1.95. The molecule has 0 spiro atoms. The summed E-state index contributed by atoms with van der Waals surface area (Å²) >= 11 is 0. The zero-order valence-corrected chi connectivity index (χ0v) is 8.05. The number of rotatable bonds is 2. The van der Waals surface area contributed by atoms with Gasteiger partial charge in [-0.1, -0.05) is 13.8 Å². The van der Waals surface area contributed by atoms with Gasteiger partial charge < -0.3 is 5.32 Å². The van der Waals surface area contributed by atoms with Crippen LogP contribution in [0.3, 0.4) is 0 Å². The second-order valence-corrected chi connectivity index (χ2v) is 3.16. The van der Waals surface area contributed by atoms with Gasteiger partial charge in [0.15, 0.2) is 0 Å². The maximum Gasteiger partial charge on any atom is 0.133 e. The van der Waals surface area contributed by atoms with Crippen molar-refractivity contribution in [1.29, 1.82) is 0 Å². The molecular formula is C9H15N3. The van der Waals surface area contributed by atoms with E-state index in [1.54, 1.807) is 0 Å². The average molecular weight is 165 g/mol. The van der Waals surface area contributed by atoms with E-state index in [-0.39, 0.29) is 0 Å². The molecule has 1 rings (SSSR count). The first kappa shape index (κ1) is 8.97. The fourth-order valence-electron chi connectivity index (χ4n) is 0.978. The molecule has 1 aromatic rings. The molecule has 0 aliphatic rings. The second kappa shape index (κ2) is 3.52. The molecule has 1 aromatic heterocycles. The minimum Gasteiger partial charge on any atom is -0.373 e. The zero-order valence-electron chi connectivity index (χ0n) is 8.05. The van der Waals surface area contributed by atoms with Crippen LogP contribution in [0.25, 0.3) is 0 Å². The zero-order chi connectivity index (χ0) is 9.14. The van der Waals surface area contributed by atoms with Crippen LogP contribution in [0.4, 0.5) is 5.82 Å². The van der Waals surface area contributed by atoms with Crippen LogP contribution in [0.5, 0.6) is 0 Å². The van der Waals surface area contributed by atoms with Crippen molar-refractivity contribution in [2.45, 2.75) is 26.7 Å². The van der Waals surface area contributed by atoms with Gasteiger partial charge in [-0.25, -0.2) is 9.97 Å². The lowest BCUT2D eigenvalue weighted by Gasteiger charge is -2.07. The summed E-state index contributed by atoms with van der Waals surface area (Å²) in [6, 6.07) is 1.94. The average Bonchev–Trinajstić information content (AvgIpc) is 2.03. The minimum atomic E-state index is 0.386. The Labute approximate surface area is 73.2 Å². The molecule has 0 saturated heterocycles. The van der Waals surface area contributed by atoms with Crippen LogP contribution in [-0.2, 0) is 0 Å². The van der Waals surface area contributed by atoms with Gasteiger partial charge in [0.1, 0.15) is 11.6 Å². The highest BCUT2D eigenvalue weighted by molar-refractivity contribution is 5.35. The number of hydrogen-bond donors (Lipinski definition) is 1. The SMILES string of the molecule is CNc1cc(C)nc(C(C)C)n1. The number of nitrogens with zero attached hydrogens (tertiary/aromatic N) is 2. The minimum absolute atomic E-state index is 0.386. The number of aromatic nitrogens is 2. The van der Waals surface area contributed by atoms with E-state index in [1.807, 2.05) is 20.0 Å². The molecule has 1 heterocycles. The van der Waals surface area contributed by atoms with Crippen molar-refractivity contribution in [1.82, 2.24) is 9.97 Å². The van der Waals surface area contributed by atoms with Crippen LogP contribution in [0.1, 0.15) is 31.3 Å². The van der Waals surface area contributed by atoms with Crippen molar-refractivity contribution in [3.63, 3.8) is 0 Å². The standard InChI is InChI=1S/C9H15N3/c1-6(2)9-11-7(3)5-8(10-4)12-9/h5-6H,1-4H3,(H,10,11,12). The number of hydrogen-bond acceptors (Lipinski definition) is 3. The Hall–Kier alpha value is -1.12. The maximum atomic E-state index is 4.33. The summed E-state index contributed by atoms with van der Waals surface area (Å²) in [5.41, 5.74) is 1.01. The highest BCUT2D eigenvalue weighted by atomic mass is 15.0. The summed E-state index contributed by atoms with van der Waals surface area (Å²) < 4.78 is 0. The lowest BCUT2D eigenvalue weighted by atomic mass is 10.2.